The summed E-state index contributed by atoms with van der Waals surface area (Å²) in [4.78, 5) is 18.5. The minimum Gasteiger partial charge on any atom is -0.444 e. The first kappa shape index (κ1) is 21.9. The minimum absolute atomic E-state index is 0.0974. The van der Waals surface area contributed by atoms with Gasteiger partial charge in [0.2, 0.25) is 0 Å². The van der Waals surface area contributed by atoms with E-state index in [2.05, 4.69) is 35.0 Å². The van der Waals surface area contributed by atoms with E-state index < -0.39 is 12.1 Å². The van der Waals surface area contributed by atoms with Crippen molar-refractivity contribution in [3.63, 3.8) is 0 Å². The molecule has 2 aromatic rings. The molecule has 0 aromatic heterocycles. The molecular formula is C25H23F3N2O2. The van der Waals surface area contributed by atoms with Gasteiger partial charge < -0.3 is 9.64 Å². The van der Waals surface area contributed by atoms with Crippen molar-refractivity contribution in [2.24, 2.45) is 10.9 Å². The second kappa shape index (κ2) is 8.65. The van der Waals surface area contributed by atoms with Crippen LogP contribution in [0.1, 0.15) is 39.9 Å². The quantitative estimate of drug-likeness (QED) is 0.326. The van der Waals surface area contributed by atoms with Crippen LogP contribution in [0.5, 0.6) is 0 Å². The molecule has 0 N–H and O–H groups in total. The molecule has 1 amide bonds. The number of carbonyl (C=O) groups excluding carboxylic acids is 1. The van der Waals surface area contributed by atoms with Crippen LogP contribution in [0.4, 0.5) is 13.2 Å². The van der Waals surface area contributed by atoms with Crippen molar-refractivity contribution in [1.82, 2.24) is 4.90 Å². The van der Waals surface area contributed by atoms with Gasteiger partial charge in [-0.25, -0.2) is 4.99 Å². The fourth-order valence-electron chi connectivity index (χ4n) is 4.31. The first-order valence-corrected chi connectivity index (χ1v) is 10.4. The zero-order valence-electron chi connectivity index (χ0n) is 17.4. The summed E-state index contributed by atoms with van der Waals surface area (Å²) in [5.41, 5.74) is 2.80. The fourth-order valence-corrected chi connectivity index (χ4v) is 4.31. The van der Waals surface area contributed by atoms with Gasteiger partial charge in [0.05, 0.1) is 12.0 Å². The standard InChI is InChI=1S/C25H23F3N2O2/c1-3-32-24(25(26,27)28)29-16(2)18-9-10-20-15-30(23(31)21(20)14-18)22-12-11-19(22)13-17-7-5-4-6-8-17/h3-10,14,19,22H,1-2,11-13,15H2/t19-,22?/m1/s1. The van der Waals surface area contributed by atoms with Gasteiger partial charge in [-0.05, 0) is 42.4 Å². The number of fused-ring (bicyclic) bond motifs is 1. The highest BCUT2D eigenvalue weighted by molar-refractivity contribution is 5.99. The van der Waals surface area contributed by atoms with Crippen molar-refractivity contribution in [2.75, 3.05) is 0 Å². The lowest BCUT2D eigenvalue weighted by Gasteiger charge is -2.43. The zero-order chi connectivity index (χ0) is 22.9. The fraction of sp³-hybridized carbons (Fsp3) is 0.280. The molecule has 1 unspecified atom stereocenters. The number of nitrogens with zero attached hydrogens (tertiary/aromatic N) is 2. The van der Waals surface area contributed by atoms with Gasteiger partial charge in [0.25, 0.3) is 5.91 Å². The molecule has 2 aliphatic rings. The van der Waals surface area contributed by atoms with Gasteiger partial charge in [0, 0.05) is 23.7 Å². The molecule has 1 saturated carbocycles. The maximum absolute atomic E-state index is 13.1. The Morgan fingerprint density at radius 2 is 1.94 bits per heavy atom. The summed E-state index contributed by atoms with van der Waals surface area (Å²) in [5, 5.41) is 0. The van der Waals surface area contributed by atoms with Crippen molar-refractivity contribution in [3.05, 3.63) is 90.2 Å². The molecule has 4 rings (SSSR count). The van der Waals surface area contributed by atoms with Crippen molar-refractivity contribution in [2.45, 2.75) is 38.0 Å². The number of amides is 1. The summed E-state index contributed by atoms with van der Waals surface area (Å²) < 4.78 is 43.5. The van der Waals surface area contributed by atoms with Gasteiger partial charge in [0.15, 0.2) is 0 Å². The topological polar surface area (TPSA) is 41.9 Å². The van der Waals surface area contributed by atoms with Gasteiger partial charge in [-0.15, -0.1) is 0 Å². The number of ether oxygens (including phenoxy) is 1. The zero-order valence-corrected chi connectivity index (χ0v) is 17.4. The van der Waals surface area contributed by atoms with E-state index in [1.807, 2.05) is 23.1 Å². The van der Waals surface area contributed by atoms with Crippen LogP contribution in [0, 0.1) is 5.92 Å². The molecule has 1 aliphatic carbocycles. The molecule has 7 heteroatoms. The number of rotatable bonds is 6. The second-order valence-electron chi connectivity index (χ2n) is 8.05. The molecule has 32 heavy (non-hydrogen) atoms. The molecule has 2 atom stereocenters. The molecule has 1 heterocycles. The molecule has 166 valence electrons. The predicted molar refractivity (Wildman–Crippen MR) is 117 cm³/mol. The average Bonchev–Trinajstić information content (AvgIpc) is 3.06. The van der Waals surface area contributed by atoms with E-state index >= 15 is 0 Å². The largest absolute Gasteiger partial charge is 0.468 e. The van der Waals surface area contributed by atoms with E-state index in [0.717, 1.165) is 24.8 Å². The lowest BCUT2D eigenvalue weighted by Crippen LogP contribution is -2.48. The van der Waals surface area contributed by atoms with E-state index in [4.69, 9.17) is 0 Å². The number of hydrogen-bond acceptors (Lipinski definition) is 3. The van der Waals surface area contributed by atoms with E-state index in [1.165, 1.54) is 5.56 Å². The minimum atomic E-state index is -4.78. The number of carbonyl (C=O) groups is 1. The van der Waals surface area contributed by atoms with E-state index in [-0.39, 0.29) is 17.6 Å². The molecule has 1 aliphatic heterocycles. The van der Waals surface area contributed by atoms with E-state index in [1.54, 1.807) is 18.2 Å². The maximum atomic E-state index is 13.1. The van der Waals surface area contributed by atoms with Gasteiger partial charge >= 0.3 is 12.1 Å². The van der Waals surface area contributed by atoms with Crippen LogP contribution in [-0.4, -0.2) is 28.9 Å². The third-order valence-corrected chi connectivity index (χ3v) is 6.07. The van der Waals surface area contributed by atoms with Gasteiger partial charge in [-0.3, -0.25) is 4.79 Å². The van der Waals surface area contributed by atoms with Crippen LogP contribution in [0.25, 0.3) is 5.70 Å². The summed E-state index contributed by atoms with van der Waals surface area (Å²) in [5.74, 6) is -1.15. The highest BCUT2D eigenvalue weighted by atomic mass is 19.4. The molecule has 4 nitrogen and oxygen atoms in total. The summed E-state index contributed by atoms with van der Waals surface area (Å²) in [7, 11) is 0. The number of hydrogen-bond donors (Lipinski definition) is 0. The average molecular weight is 440 g/mol. The Morgan fingerprint density at radius 1 is 1.19 bits per heavy atom. The molecule has 0 radical (unpaired) electrons. The molecule has 0 bridgehead atoms. The third-order valence-electron chi connectivity index (χ3n) is 6.07. The summed E-state index contributed by atoms with van der Waals surface area (Å²) >= 11 is 0. The van der Waals surface area contributed by atoms with Crippen molar-refractivity contribution in [1.29, 1.82) is 0 Å². The summed E-state index contributed by atoms with van der Waals surface area (Å²) in [6.07, 6.45) is -1.17. The SMILES string of the molecule is C=COC(=NC(=C)c1ccc2c(c1)C(=O)N(C1CC[C@@H]1Cc1ccccc1)C2)C(F)(F)F. The van der Waals surface area contributed by atoms with Crippen LogP contribution in [-0.2, 0) is 17.7 Å². The smallest absolute Gasteiger partial charge is 0.444 e. The van der Waals surface area contributed by atoms with Crippen LogP contribution in [0.15, 0.2) is 72.9 Å². The van der Waals surface area contributed by atoms with Gasteiger partial charge in [-0.2, -0.15) is 13.2 Å². The highest BCUT2D eigenvalue weighted by Gasteiger charge is 2.42. The van der Waals surface area contributed by atoms with Crippen LogP contribution in [0.3, 0.4) is 0 Å². The molecular weight excluding hydrogens is 417 g/mol. The maximum Gasteiger partial charge on any atom is 0.468 e. The van der Waals surface area contributed by atoms with Crippen LogP contribution >= 0.6 is 0 Å². The van der Waals surface area contributed by atoms with Gasteiger partial charge in [-0.1, -0.05) is 55.6 Å². The molecule has 1 fully saturated rings. The number of benzene rings is 2. The Hall–Kier alpha value is -3.35. The third kappa shape index (κ3) is 4.33. The summed E-state index contributed by atoms with van der Waals surface area (Å²) in [6, 6.07) is 15.3. The number of alkyl halides is 3. The van der Waals surface area contributed by atoms with E-state index in [9.17, 15) is 18.0 Å². The number of halogens is 3. The van der Waals surface area contributed by atoms with Gasteiger partial charge in [0.1, 0.15) is 0 Å². The monoisotopic (exact) mass is 440 g/mol. The molecule has 2 aromatic carbocycles. The predicted octanol–water partition coefficient (Wildman–Crippen LogP) is 5.76. The van der Waals surface area contributed by atoms with Crippen LogP contribution in [0.2, 0.25) is 0 Å². The first-order chi connectivity index (χ1) is 15.3. The number of aliphatic imine (C=N–C) groups is 1. The Bertz CT molecular complexity index is 1080. The molecule has 0 saturated heterocycles. The van der Waals surface area contributed by atoms with Crippen molar-refractivity contribution in [3.8, 4) is 0 Å². The van der Waals surface area contributed by atoms with Crippen LogP contribution < -0.4 is 0 Å². The van der Waals surface area contributed by atoms with Crippen molar-refractivity contribution >= 4 is 17.5 Å². The Labute approximate surface area is 184 Å². The Morgan fingerprint density at radius 3 is 2.56 bits per heavy atom. The normalized spacial score (nSPS) is 20.5. The summed E-state index contributed by atoms with van der Waals surface area (Å²) in [6.45, 7) is 7.27. The first-order valence-electron chi connectivity index (χ1n) is 10.4. The Balaban J connectivity index is 1.50. The second-order valence-corrected chi connectivity index (χ2v) is 8.05. The highest BCUT2D eigenvalue weighted by Crippen LogP contribution is 2.39. The lowest BCUT2D eigenvalue weighted by molar-refractivity contribution is -0.0734. The Kier molecular flexibility index (Phi) is 5.91. The van der Waals surface area contributed by atoms with E-state index in [0.29, 0.717) is 29.9 Å². The molecule has 0 spiro atoms. The lowest BCUT2D eigenvalue weighted by atomic mass is 9.75. The van der Waals surface area contributed by atoms with Crippen molar-refractivity contribution < 1.29 is 22.7 Å².